The maximum Gasteiger partial charge on any atom is 0.323 e. The fourth-order valence-electron chi connectivity index (χ4n) is 6.47. The summed E-state index contributed by atoms with van der Waals surface area (Å²) < 4.78 is 17.3. The van der Waals surface area contributed by atoms with Crippen LogP contribution in [-0.2, 0) is 16.1 Å². The summed E-state index contributed by atoms with van der Waals surface area (Å²) in [6.07, 6.45) is 7.19. The molecule has 1 aliphatic heterocycles. The fraction of sp³-hybridized carbons (Fsp3) is 0.515. The van der Waals surface area contributed by atoms with Crippen LogP contribution in [0.2, 0.25) is 0 Å². The molecule has 48 heavy (non-hydrogen) atoms. The number of aromatic nitrogens is 4. The quantitative estimate of drug-likeness (QED) is 0.208. The number of imidazole rings is 1. The van der Waals surface area contributed by atoms with Gasteiger partial charge in [0, 0.05) is 51.0 Å². The minimum Gasteiger partial charge on any atom is -0.339 e. The van der Waals surface area contributed by atoms with E-state index in [1.165, 1.54) is 24.5 Å². The number of hydrogen-bond donors (Lipinski definition) is 5. The Kier molecular flexibility index (Phi) is 11.1. The Morgan fingerprint density at radius 2 is 1.75 bits per heavy atom. The highest BCUT2D eigenvalue weighted by atomic mass is 19.1. The monoisotopic (exact) mass is 665 g/mol. The van der Waals surface area contributed by atoms with Crippen LogP contribution in [-0.4, -0.2) is 98.5 Å². The van der Waals surface area contributed by atoms with E-state index in [1.807, 2.05) is 14.0 Å². The van der Waals surface area contributed by atoms with Gasteiger partial charge in [0.05, 0.1) is 5.69 Å². The fourth-order valence-corrected chi connectivity index (χ4v) is 6.47. The number of rotatable bonds is 11. The molecule has 2 aromatic heterocycles. The molecule has 3 aromatic rings. The molecule has 0 spiro atoms. The average Bonchev–Trinajstić information content (AvgIpc) is 3.76. The van der Waals surface area contributed by atoms with Crippen LogP contribution >= 0.6 is 0 Å². The lowest BCUT2D eigenvalue weighted by Crippen LogP contribution is -2.55. The molecule has 14 nitrogen and oxygen atoms in total. The summed E-state index contributed by atoms with van der Waals surface area (Å²) in [6, 6.07) is 3.91. The third-order valence-electron chi connectivity index (χ3n) is 9.42. The van der Waals surface area contributed by atoms with Gasteiger partial charge in [-0.3, -0.25) is 23.9 Å². The predicted octanol–water partition coefficient (Wildman–Crippen LogP) is 2.05. The minimum absolute atomic E-state index is 0.0358. The van der Waals surface area contributed by atoms with Crippen molar-refractivity contribution in [1.29, 1.82) is 0 Å². The number of nitrogens with zero attached hydrogens (tertiary/aromatic N) is 4. The molecule has 5 N–H and O–H groups in total. The van der Waals surface area contributed by atoms with Gasteiger partial charge >= 0.3 is 5.69 Å². The number of carbonyl (C=O) groups excluding carboxylic acids is 4. The third-order valence-corrected chi connectivity index (χ3v) is 9.42. The van der Waals surface area contributed by atoms with E-state index in [-0.39, 0.29) is 23.2 Å². The van der Waals surface area contributed by atoms with E-state index in [0.717, 1.165) is 32.1 Å². The Morgan fingerprint density at radius 3 is 2.40 bits per heavy atom. The van der Waals surface area contributed by atoms with Gasteiger partial charge in [0.15, 0.2) is 0 Å². The van der Waals surface area contributed by atoms with E-state index in [0.29, 0.717) is 44.0 Å². The molecule has 3 atom stereocenters. The Bertz CT molecular complexity index is 1670. The molecule has 0 bridgehead atoms. The number of aromatic amines is 2. The number of H-pyrrole nitrogens is 2. The molecule has 1 saturated carbocycles. The van der Waals surface area contributed by atoms with E-state index >= 15 is 4.39 Å². The number of aryl methyl sites for hydroxylation is 1. The largest absolute Gasteiger partial charge is 0.339 e. The summed E-state index contributed by atoms with van der Waals surface area (Å²) in [4.78, 5) is 73.7. The molecule has 5 rings (SSSR count). The molecule has 1 saturated heterocycles. The molecule has 15 heteroatoms. The van der Waals surface area contributed by atoms with E-state index < -0.39 is 47.2 Å². The zero-order valence-corrected chi connectivity index (χ0v) is 27.6. The molecular formula is C33H44FN9O5. The molecule has 4 amide bonds. The van der Waals surface area contributed by atoms with Crippen LogP contribution in [0.1, 0.15) is 78.4 Å². The average molecular weight is 666 g/mol. The number of amides is 4. The number of hydrogen-bond acceptors (Lipinski definition) is 7. The van der Waals surface area contributed by atoms with Crippen molar-refractivity contribution in [2.45, 2.75) is 70.5 Å². The summed E-state index contributed by atoms with van der Waals surface area (Å²) >= 11 is 0. The molecule has 1 aromatic carbocycles. The molecule has 258 valence electrons. The summed E-state index contributed by atoms with van der Waals surface area (Å²) in [5.74, 6) is -3.44. The first-order valence-corrected chi connectivity index (χ1v) is 16.5. The van der Waals surface area contributed by atoms with Gasteiger partial charge in [-0.1, -0.05) is 32.3 Å². The lowest BCUT2D eigenvalue weighted by molar-refractivity contribution is -0.135. The van der Waals surface area contributed by atoms with Gasteiger partial charge in [-0.15, -0.1) is 0 Å². The summed E-state index contributed by atoms with van der Waals surface area (Å²) in [6.45, 7) is 6.33. The van der Waals surface area contributed by atoms with Crippen molar-refractivity contribution in [3.05, 3.63) is 69.9 Å². The third kappa shape index (κ3) is 8.01. The van der Waals surface area contributed by atoms with Crippen molar-refractivity contribution in [2.75, 3.05) is 38.5 Å². The van der Waals surface area contributed by atoms with Crippen LogP contribution in [0, 0.1) is 11.7 Å². The van der Waals surface area contributed by atoms with Gasteiger partial charge in [-0.2, -0.15) is 5.10 Å². The van der Waals surface area contributed by atoms with Gasteiger partial charge in [-0.25, -0.2) is 9.18 Å². The smallest absolute Gasteiger partial charge is 0.323 e. The maximum absolute atomic E-state index is 15.7. The van der Waals surface area contributed by atoms with Crippen LogP contribution in [0.5, 0.6) is 0 Å². The first kappa shape index (κ1) is 34.5. The number of likely N-dealkylation sites (N-methyl/N-ethyl adjacent to an activating group) is 1. The Labute approximate surface area is 277 Å². The zero-order valence-electron chi connectivity index (χ0n) is 27.6. The molecule has 2 aliphatic rings. The normalized spacial score (nSPS) is 17.7. The molecular weight excluding hydrogens is 621 g/mol. The summed E-state index contributed by atoms with van der Waals surface area (Å²) in [5, 5.41) is 12.4. The van der Waals surface area contributed by atoms with Crippen molar-refractivity contribution in [3.63, 3.8) is 0 Å². The van der Waals surface area contributed by atoms with Crippen LogP contribution in [0.3, 0.4) is 0 Å². The molecule has 3 heterocycles. The second-order valence-electron chi connectivity index (χ2n) is 12.6. The van der Waals surface area contributed by atoms with Gasteiger partial charge in [-0.05, 0) is 56.5 Å². The highest BCUT2D eigenvalue weighted by molar-refractivity contribution is 6.01. The molecule has 1 aliphatic carbocycles. The zero-order chi connectivity index (χ0) is 34.4. The Hall–Kier alpha value is -4.79. The van der Waals surface area contributed by atoms with E-state index in [9.17, 15) is 24.0 Å². The van der Waals surface area contributed by atoms with E-state index in [2.05, 4.69) is 35.9 Å². The number of benzene rings is 1. The van der Waals surface area contributed by atoms with Gasteiger partial charge in [0.25, 0.3) is 11.8 Å². The van der Waals surface area contributed by atoms with Crippen LogP contribution in [0.15, 0.2) is 41.5 Å². The standard InChI is InChI=1S/C33H44FN9O5/c1-4-43-26(12-13-36-43)30(45)40-28(21-8-6-5-7-9-21)31(46)37-24-11-10-22(18-23(24)34)20(2)27(32(47)42-16-14-41(3)15-17-42)39-29(44)25-19-35-33(48)38-25/h10-13,18-21,27-28H,4-9,14-17H2,1-3H3,(H,37,46)(H,39,44)(H,40,45)(H2,35,38,48)/t20-,27+,28-/m0/s1. The van der Waals surface area contributed by atoms with Gasteiger partial charge in [0.2, 0.25) is 11.8 Å². The molecule has 0 radical (unpaired) electrons. The Morgan fingerprint density at radius 1 is 1.02 bits per heavy atom. The summed E-state index contributed by atoms with van der Waals surface area (Å²) in [7, 11) is 1.96. The number of carbonyl (C=O) groups is 4. The molecule has 2 fully saturated rings. The minimum atomic E-state index is -1.07. The predicted molar refractivity (Wildman–Crippen MR) is 176 cm³/mol. The maximum atomic E-state index is 15.7. The summed E-state index contributed by atoms with van der Waals surface area (Å²) in [5.41, 5.74) is 0.0941. The number of halogens is 1. The van der Waals surface area contributed by atoms with Crippen molar-refractivity contribution in [2.24, 2.45) is 5.92 Å². The van der Waals surface area contributed by atoms with E-state index in [4.69, 9.17) is 0 Å². The molecule has 0 unspecified atom stereocenters. The second-order valence-corrected chi connectivity index (χ2v) is 12.6. The van der Waals surface area contributed by atoms with Crippen molar-refractivity contribution in [1.82, 2.24) is 40.2 Å². The van der Waals surface area contributed by atoms with Crippen molar-refractivity contribution < 1.29 is 23.6 Å². The highest BCUT2D eigenvalue weighted by Gasteiger charge is 2.35. The van der Waals surface area contributed by atoms with Gasteiger partial charge in [0.1, 0.15) is 29.3 Å². The number of anilines is 1. The van der Waals surface area contributed by atoms with Crippen molar-refractivity contribution in [3.8, 4) is 0 Å². The Balaban J connectivity index is 1.34. The second kappa shape index (κ2) is 15.4. The number of nitrogens with one attached hydrogen (secondary N) is 5. The lowest BCUT2D eigenvalue weighted by Gasteiger charge is -2.36. The number of piperazine rings is 1. The van der Waals surface area contributed by atoms with Gasteiger partial charge < -0.3 is 35.7 Å². The first-order valence-electron chi connectivity index (χ1n) is 16.5. The first-order chi connectivity index (χ1) is 23.0. The van der Waals surface area contributed by atoms with Crippen LogP contribution in [0.4, 0.5) is 10.1 Å². The SMILES string of the molecule is CCn1nccc1C(=O)N[C@H](C(=O)Nc1ccc([C@H](C)[C@@H](NC(=O)c2c[nH]c(=O)[nH]2)C(=O)N2CCN(C)CC2)cc1F)C1CCCCC1. The lowest BCUT2D eigenvalue weighted by atomic mass is 9.83. The van der Waals surface area contributed by atoms with E-state index in [1.54, 1.807) is 28.6 Å². The van der Waals surface area contributed by atoms with Crippen LogP contribution < -0.4 is 21.6 Å². The van der Waals surface area contributed by atoms with Crippen molar-refractivity contribution >= 4 is 29.3 Å². The highest BCUT2D eigenvalue weighted by Crippen LogP contribution is 2.29. The topological polar surface area (TPSA) is 177 Å². The van der Waals surface area contributed by atoms with Crippen LogP contribution in [0.25, 0.3) is 0 Å².